The van der Waals surface area contributed by atoms with Gasteiger partial charge < -0.3 is 18.6 Å². The molecule has 54 valence electrons. The number of hydrogen-bond donors (Lipinski definition) is 0. The molecule has 0 atom stereocenters. The Morgan fingerprint density at radius 1 is 0.600 bits per heavy atom. The highest BCUT2D eigenvalue weighted by Crippen LogP contribution is 2.09. The Hall–Kier alpha value is -0.0301. The van der Waals surface area contributed by atoms with E-state index in [2.05, 4.69) is 0 Å². The molecule has 0 bridgehead atoms. The summed E-state index contributed by atoms with van der Waals surface area (Å²) in [4.78, 5) is 0. The quantitative estimate of drug-likeness (QED) is 0.446. The Morgan fingerprint density at radius 3 is 1.20 bits per heavy atom. The van der Waals surface area contributed by atoms with Crippen molar-refractivity contribution in [2.75, 3.05) is 26.4 Å². The minimum Gasteiger partial charge on any atom is -0.411 e. The van der Waals surface area contributed by atoms with Gasteiger partial charge in [-0.05, 0) is 0 Å². The number of hydrogen-bond acceptors (Lipinski definition) is 4. The summed E-state index contributed by atoms with van der Waals surface area (Å²) in [5.74, 6) is 0. The van der Waals surface area contributed by atoms with Gasteiger partial charge >= 0.3 is 14.0 Å². The SMILES string of the molecule is C1COB(B2OCCO2)O1. The fourth-order valence-corrected chi connectivity index (χ4v) is 1.07. The lowest BCUT2D eigenvalue weighted by Crippen LogP contribution is -2.38. The maximum absolute atomic E-state index is 5.16. The van der Waals surface area contributed by atoms with Gasteiger partial charge in [0.2, 0.25) is 0 Å². The lowest BCUT2D eigenvalue weighted by atomic mass is 9.49. The van der Waals surface area contributed by atoms with E-state index in [0.29, 0.717) is 26.4 Å². The van der Waals surface area contributed by atoms with Crippen LogP contribution < -0.4 is 0 Å². The maximum Gasteiger partial charge on any atom is 0.488 e. The summed E-state index contributed by atoms with van der Waals surface area (Å²) < 4.78 is 20.7. The highest BCUT2D eigenvalue weighted by atomic mass is 16.7. The Balaban J connectivity index is 1.85. The predicted molar refractivity (Wildman–Crippen MR) is 35.3 cm³/mol. The topological polar surface area (TPSA) is 36.9 Å². The van der Waals surface area contributed by atoms with Crippen molar-refractivity contribution in [1.29, 1.82) is 0 Å². The van der Waals surface area contributed by atoms with Gasteiger partial charge in [-0.3, -0.25) is 0 Å². The summed E-state index contributed by atoms with van der Waals surface area (Å²) in [6.07, 6.45) is 0. The zero-order valence-corrected chi connectivity index (χ0v) is 5.62. The average molecular weight is 142 g/mol. The molecule has 0 amide bonds. The van der Waals surface area contributed by atoms with Gasteiger partial charge in [0.05, 0.1) is 26.4 Å². The van der Waals surface area contributed by atoms with Crippen molar-refractivity contribution in [3.63, 3.8) is 0 Å². The molecule has 0 radical (unpaired) electrons. The van der Waals surface area contributed by atoms with E-state index in [1.807, 2.05) is 0 Å². The highest BCUT2D eigenvalue weighted by molar-refractivity contribution is 7.10. The molecule has 2 fully saturated rings. The lowest BCUT2D eigenvalue weighted by molar-refractivity contribution is 0.339. The Kier molecular flexibility index (Phi) is 1.95. The number of rotatable bonds is 1. The van der Waals surface area contributed by atoms with Crippen LogP contribution in [0.15, 0.2) is 0 Å². The smallest absolute Gasteiger partial charge is 0.411 e. The summed E-state index contributed by atoms with van der Waals surface area (Å²) in [5, 5.41) is 0. The maximum atomic E-state index is 5.16. The monoisotopic (exact) mass is 142 g/mol. The molecule has 0 unspecified atom stereocenters. The lowest BCUT2D eigenvalue weighted by Gasteiger charge is -2.04. The highest BCUT2D eigenvalue weighted by Gasteiger charge is 2.44. The van der Waals surface area contributed by atoms with Crippen LogP contribution in [0.2, 0.25) is 0 Å². The molecule has 10 heavy (non-hydrogen) atoms. The molecule has 2 saturated heterocycles. The molecule has 0 spiro atoms. The van der Waals surface area contributed by atoms with Crippen LogP contribution in [0.1, 0.15) is 0 Å². The molecule has 0 aromatic carbocycles. The second-order valence-electron chi connectivity index (χ2n) is 2.22. The van der Waals surface area contributed by atoms with Crippen LogP contribution in [0, 0.1) is 0 Å². The molecule has 2 aliphatic heterocycles. The molecular weight excluding hydrogens is 134 g/mol. The standard InChI is InChI=1S/C4H8B2O4/c1-2-8-5(7-1)6-9-3-4-10-6/h1-4H2. The molecule has 2 rings (SSSR count). The minimum absolute atomic E-state index is 0.289. The molecule has 0 aromatic heterocycles. The first-order valence-electron chi connectivity index (χ1n) is 3.43. The van der Waals surface area contributed by atoms with Crippen molar-refractivity contribution in [1.82, 2.24) is 0 Å². The molecule has 2 heterocycles. The van der Waals surface area contributed by atoms with Crippen molar-refractivity contribution in [2.24, 2.45) is 0 Å². The summed E-state index contributed by atoms with van der Waals surface area (Å²) in [6.45, 7) is 2.59. The van der Waals surface area contributed by atoms with Gasteiger partial charge in [-0.1, -0.05) is 0 Å². The molecular formula is C4H8B2O4. The van der Waals surface area contributed by atoms with Crippen LogP contribution >= 0.6 is 0 Å². The molecule has 0 aromatic rings. The normalized spacial score (nSPS) is 26.4. The summed E-state index contributed by atoms with van der Waals surface area (Å²) >= 11 is 0. The molecule has 0 saturated carbocycles. The van der Waals surface area contributed by atoms with Crippen molar-refractivity contribution in [3.8, 4) is 0 Å². The van der Waals surface area contributed by atoms with Crippen molar-refractivity contribution in [3.05, 3.63) is 0 Å². The van der Waals surface area contributed by atoms with Gasteiger partial charge in [0.1, 0.15) is 0 Å². The van der Waals surface area contributed by atoms with Crippen molar-refractivity contribution in [2.45, 2.75) is 0 Å². The van der Waals surface area contributed by atoms with Crippen LogP contribution in [-0.4, -0.2) is 40.4 Å². The van der Waals surface area contributed by atoms with E-state index in [9.17, 15) is 0 Å². The molecule has 0 aliphatic carbocycles. The Labute approximate surface area is 60.0 Å². The second kappa shape index (κ2) is 2.92. The van der Waals surface area contributed by atoms with Gasteiger partial charge in [0.25, 0.3) is 0 Å². The molecule has 6 heteroatoms. The van der Waals surface area contributed by atoms with E-state index in [-0.39, 0.29) is 14.0 Å². The van der Waals surface area contributed by atoms with Gasteiger partial charge in [-0.2, -0.15) is 0 Å². The zero-order valence-electron chi connectivity index (χ0n) is 5.62. The van der Waals surface area contributed by atoms with E-state index in [0.717, 1.165) is 0 Å². The van der Waals surface area contributed by atoms with E-state index < -0.39 is 0 Å². The van der Waals surface area contributed by atoms with E-state index in [1.54, 1.807) is 0 Å². The fraction of sp³-hybridized carbons (Fsp3) is 1.00. The van der Waals surface area contributed by atoms with E-state index in [4.69, 9.17) is 18.6 Å². The van der Waals surface area contributed by atoms with Crippen LogP contribution in [0.4, 0.5) is 0 Å². The first-order chi connectivity index (χ1) is 4.97. The van der Waals surface area contributed by atoms with Crippen LogP contribution in [0.5, 0.6) is 0 Å². The van der Waals surface area contributed by atoms with Gasteiger partial charge in [0.15, 0.2) is 0 Å². The third-order valence-corrected chi connectivity index (χ3v) is 1.52. The molecule has 0 N–H and O–H groups in total. The summed E-state index contributed by atoms with van der Waals surface area (Å²) in [7, 11) is -0.579. The fourth-order valence-electron chi connectivity index (χ4n) is 1.07. The van der Waals surface area contributed by atoms with Crippen molar-refractivity contribution < 1.29 is 18.6 Å². The van der Waals surface area contributed by atoms with E-state index >= 15 is 0 Å². The van der Waals surface area contributed by atoms with E-state index in [1.165, 1.54) is 0 Å². The van der Waals surface area contributed by atoms with Gasteiger partial charge in [0, 0.05) is 0 Å². The summed E-state index contributed by atoms with van der Waals surface area (Å²) in [6, 6.07) is 0. The predicted octanol–water partition coefficient (Wildman–Crippen LogP) is -0.865. The molecule has 2 aliphatic rings. The minimum atomic E-state index is -0.289. The largest absolute Gasteiger partial charge is 0.488 e. The Bertz CT molecular complexity index is 95.8. The van der Waals surface area contributed by atoms with Crippen LogP contribution in [0.25, 0.3) is 0 Å². The third-order valence-electron chi connectivity index (χ3n) is 1.52. The Morgan fingerprint density at radius 2 is 0.900 bits per heavy atom. The van der Waals surface area contributed by atoms with Crippen molar-refractivity contribution >= 4 is 14.0 Å². The van der Waals surface area contributed by atoms with Gasteiger partial charge in [-0.15, -0.1) is 0 Å². The van der Waals surface area contributed by atoms with Crippen LogP contribution in [0.3, 0.4) is 0 Å². The molecule has 4 nitrogen and oxygen atoms in total. The average Bonchev–Trinajstić information content (AvgIpc) is 2.59. The van der Waals surface area contributed by atoms with Gasteiger partial charge in [-0.25, -0.2) is 0 Å². The zero-order chi connectivity index (χ0) is 6.81. The third kappa shape index (κ3) is 1.20. The van der Waals surface area contributed by atoms with Crippen LogP contribution in [-0.2, 0) is 18.6 Å². The first-order valence-corrected chi connectivity index (χ1v) is 3.43. The second-order valence-corrected chi connectivity index (χ2v) is 2.22. The summed E-state index contributed by atoms with van der Waals surface area (Å²) in [5.41, 5.74) is 0. The first kappa shape index (κ1) is 6.67.